The number of halogens is 1. The van der Waals surface area contributed by atoms with Crippen molar-refractivity contribution < 1.29 is 4.74 Å². The van der Waals surface area contributed by atoms with E-state index in [1.165, 1.54) is 4.88 Å². The third kappa shape index (κ3) is 6.81. The number of rotatable bonds is 6. The van der Waals surface area contributed by atoms with E-state index in [1.807, 2.05) is 6.92 Å². The van der Waals surface area contributed by atoms with Gasteiger partial charge in [0.15, 0.2) is 5.96 Å². The SMILES string of the molecule is CCNC(=NCc1nc(C)c(C)s1)NCC(C)N1CCOCC1.I. The van der Waals surface area contributed by atoms with Crippen molar-refractivity contribution in [3.63, 3.8) is 0 Å². The highest BCUT2D eigenvalue weighted by molar-refractivity contribution is 14.0. The number of ether oxygens (including phenoxy) is 1. The van der Waals surface area contributed by atoms with Crippen LogP contribution < -0.4 is 10.6 Å². The highest BCUT2D eigenvalue weighted by Gasteiger charge is 2.17. The second-order valence-electron chi connectivity index (χ2n) is 5.82. The number of morpholine rings is 1. The zero-order chi connectivity index (χ0) is 16.7. The molecule has 8 heteroatoms. The Bertz CT molecular complexity index is 497. The average Bonchev–Trinajstić information content (AvgIpc) is 2.89. The van der Waals surface area contributed by atoms with Crippen LogP contribution in [0.2, 0.25) is 0 Å². The van der Waals surface area contributed by atoms with Gasteiger partial charge in [-0.25, -0.2) is 9.98 Å². The standard InChI is InChI=1S/C16H29N5OS.HI/c1-5-17-16(19-11-15-20-13(3)14(4)23-15)18-10-12(2)21-6-8-22-9-7-21;/h12H,5-11H2,1-4H3,(H2,17,18,19);1H. The van der Waals surface area contributed by atoms with Gasteiger partial charge in [0.05, 0.1) is 25.5 Å². The first-order valence-electron chi connectivity index (χ1n) is 8.37. The fourth-order valence-electron chi connectivity index (χ4n) is 2.49. The van der Waals surface area contributed by atoms with Gasteiger partial charge in [-0.05, 0) is 27.7 Å². The Balaban J connectivity index is 0.00000288. The lowest BCUT2D eigenvalue weighted by Gasteiger charge is -2.32. The molecule has 1 unspecified atom stereocenters. The molecule has 1 aromatic heterocycles. The van der Waals surface area contributed by atoms with Gasteiger partial charge >= 0.3 is 0 Å². The van der Waals surface area contributed by atoms with Gasteiger partial charge in [-0.1, -0.05) is 0 Å². The number of nitrogens with zero attached hydrogens (tertiary/aromatic N) is 3. The first-order valence-corrected chi connectivity index (χ1v) is 9.18. The average molecular weight is 467 g/mol. The summed E-state index contributed by atoms with van der Waals surface area (Å²) in [4.78, 5) is 12.9. The number of aliphatic imine (C=N–C) groups is 1. The van der Waals surface area contributed by atoms with E-state index in [0.29, 0.717) is 12.6 Å². The summed E-state index contributed by atoms with van der Waals surface area (Å²) in [6, 6.07) is 0.465. The summed E-state index contributed by atoms with van der Waals surface area (Å²) in [6.07, 6.45) is 0. The quantitative estimate of drug-likeness (QED) is 0.382. The van der Waals surface area contributed by atoms with E-state index in [2.05, 4.69) is 46.3 Å². The summed E-state index contributed by atoms with van der Waals surface area (Å²) in [5, 5.41) is 7.82. The van der Waals surface area contributed by atoms with Gasteiger partial charge in [-0.3, -0.25) is 4.90 Å². The molecule has 1 saturated heterocycles. The van der Waals surface area contributed by atoms with Crippen LogP contribution in [-0.4, -0.2) is 61.3 Å². The molecule has 0 amide bonds. The van der Waals surface area contributed by atoms with E-state index in [9.17, 15) is 0 Å². The Hall–Kier alpha value is -0.450. The minimum Gasteiger partial charge on any atom is -0.379 e. The third-order valence-corrected chi connectivity index (χ3v) is 5.08. The number of aryl methyl sites for hydroxylation is 2. The van der Waals surface area contributed by atoms with Crippen molar-refractivity contribution in [1.82, 2.24) is 20.5 Å². The van der Waals surface area contributed by atoms with Gasteiger partial charge in [-0.2, -0.15) is 0 Å². The predicted octanol–water partition coefficient (Wildman–Crippen LogP) is 2.15. The Kier molecular flexibility index (Phi) is 10.1. The highest BCUT2D eigenvalue weighted by Crippen LogP contribution is 2.16. The fraction of sp³-hybridized carbons (Fsp3) is 0.750. The summed E-state index contributed by atoms with van der Waals surface area (Å²) < 4.78 is 5.41. The molecule has 1 aromatic rings. The Morgan fingerprint density at radius 1 is 1.33 bits per heavy atom. The van der Waals surface area contributed by atoms with Crippen molar-refractivity contribution in [3.8, 4) is 0 Å². The molecule has 0 bridgehead atoms. The molecule has 0 aromatic carbocycles. The zero-order valence-electron chi connectivity index (χ0n) is 15.1. The number of nitrogens with one attached hydrogen (secondary N) is 2. The lowest BCUT2D eigenvalue weighted by molar-refractivity contribution is 0.0211. The van der Waals surface area contributed by atoms with E-state index < -0.39 is 0 Å². The molecule has 0 aliphatic carbocycles. The van der Waals surface area contributed by atoms with Crippen molar-refractivity contribution in [2.24, 2.45) is 4.99 Å². The largest absolute Gasteiger partial charge is 0.379 e. The number of thiazole rings is 1. The molecule has 0 radical (unpaired) electrons. The molecule has 1 atom stereocenters. The number of hydrogen-bond acceptors (Lipinski definition) is 5. The van der Waals surface area contributed by atoms with Crippen LogP contribution in [0.3, 0.4) is 0 Å². The maximum atomic E-state index is 5.41. The van der Waals surface area contributed by atoms with E-state index in [-0.39, 0.29) is 24.0 Å². The summed E-state index contributed by atoms with van der Waals surface area (Å²) >= 11 is 1.73. The molecule has 1 aliphatic rings. The Labute approximate surface area is 166 Å². The Morgan fingerprint density at radius 3 is 2.62 bits per heavy atom. The second-order valence-corrected chi connectivity index (χ2v) is 7.11. The normalized spacial score (nSPS) is 17.2. The minimum atomic E-state index is 0. The molecule has 24 heavy (non-hydrogen) atoms. The summed E-state index contributed by atoms with van der Waals surface area (Å²) in [5.41, 5.74) is 1.11. The van der Waals surface area contributed by atoms with Crippen molar-refractivity contribution >= 4 is 41.3 Å². The van der Waals surface area contributed by atoms with Crippen LogP contribution in [0.1, 0.15) is 29.4 Å². The van der Waals surface area contributed by atoms with E-state index >= 15 is 0 Å². The van der Waals surface area contributed by atoms with Gasteiger partial charge in [0.25, 0.3) is 0 Å². The van der Waals surface area contributed by atoms with Gasteiger partial charge < -0.3 is 15.4 Å². The number of hydrogen-bond donors (Lipinski definition) is 2. The predicted molar refractivity (Wildman–Crippen MR) is 112 cm³/mol. The summed E-state index contributed by atoms with van der Waals surface area (Å²) in [5.74, 6) is 0.859. The highest BCUT2D eigenvalue weighted by atomic mass is 127. The molecule has 6 nitrogen and oxygen atoms in total. The minimum absolute atomic E-state index is 0. The first-order chi connectivity index (χ1) is 11.1. The van der Waals surface area contributed by atoms with E-state index in [4.69, 9.17) is 4.74 Å². The monoisotopic (exact) mass is 467 g/mol. The lowest BCUT2D eigenvalue weighted by atomic mass is 10.2. The van der Waals surface area contributed by atoms with Gasteiger partial charge in [0.2, 0.25) is 0 Å². The van der Waals surface area contributed by atoms with Gasteiger partial charge in [-0.15, -0.1) is 35.3 Å². The molecule has 138 valence electrons. The van der Waals surface area contributed by atoms with Crippen molar-refractivity contribution in [2.75, 3.05) is 39.4 Å². The number of guanidine groups is 1. The maximum absolute atomic E-state index is 5.41. The van der Waals surface area contributed by atoms with Crippen LogP contribution in [0, 0.1) is 13.8 Å². The molecule has 1 fully saturated rings. The smallest absolute Gasteiger partial charge is 0.191 e. The molecule has 0 saturated carbocycles. The first kappa shape index (κ1) is 21.6. The topological polar surface area (TPSA) is 61.8 Å². The van der Waals surface area contributed by atoms with Crippen LogP contribution in [0.5, 0.6) is 0 Å². The molecule has 2 rings (SSSR count). The fourth-order valence-corrected chi connectivity index (χ4v) is 3.35. The van der Waals surface area contributed by atoms with Crippen molar-refractivity contribution in [3.05, 3.63) is 15.6 Å². The van der Waals surface area contributed by atoms with Crippen LogP contribution in [0.25, 0.3) is 0 Å². The van der Waals surface area contributed by atoms with Gasteiger partial charge in [0, 0.05) is 37.1 Å². The third-order valence-electron chi connectivity index (χ3n) is 4.02. The van der Waals surface area contributed by atoms with Crippen LogP contribution in [0.15, 0.2) is 4.99 Å². The van der Waals surface area contributed by atoms with E-state index in [0.717, 1.165) is 56.1 Å². The van der Waals surface area contributed by atoms with Crippen LogP contribution in [0.4, 0.5) is 0 Å². The van der Waals surface area contributed by atoms with Crippen LogP contribution >= 0.6 is 35.3 Å². The summed E-state index contributed by atoms with van der Waals surface area (Å²) in [6.45, 7) is 14.5. The second kappa shape index (κ2) is 11.2. The van der Waals surface area contributed by atoms with Gasteiger partial charge in [0.1, 0.15) is 5.01 Å². The summed E-state index contributed by atoms with van der Waals surface area (Å²) in [7, 11) is 0. The van der Waals surface area contributed by atoms with E-state index in [1.54, 1.807) is 11.3 Å². The Morgan fingerprint density at radius 2 is 2.04 bits per heavy atom. The molecule has 1 aliphatic heterocycles. The molecule has 2 heterocycles. The lowest BCUT2D eigenvalue weighted by Crippen LogP contribution is -2.49. The maximum Gasteiger partial charge on any atom is 0.191 e. The molecule has 0 spiro atoms. The molecule has 2 N–H and O–H groups in total. The van der Waals surface area contributed by atoms with Crippen molar-refractivity contribution in [2.45, 2.75) is 40.3 Å². The van der Waals surface area contributed by atoms with Crippen molar-refractivity contribution in [1.29, 1.82) is 0 Å². The van der Waals surface area contributed by atoms with Crippen LogP contribution in [-0.2, 0) is 11.3 Å². The molecular formula is C16H30IN5OS. The zero-order valence-corrected chi connectivity index (χ0v) is 18.2. The number of aromatic nitrogens is 1. The molecular weight excluding hydrogens is 437 g/mol.